The Hall–Kier alpha value is -1.84. The SMILES string of the molecule is O=CC1=NN(c2ccc(Cl)cc2)C(c2ccc(Cl)cc2)C1. The summed E-state index contributed by atoms with van der Waals surface area (Å²) >= 11 is 11.9. The Balaban J connectivity index is 1.97. The van der Waals surface area contributed by atoms with Crippen molar-refractivity contribution in [2.45, 2.75) is 12.5 Å². The summed E-state index contributed by atoms with van der Waals surface area (Å²) in [6, 6.07) is 15.0. The molecule has 1 heterocycles. The summed E-state index contributed by atoms with van der Waals surface area (Å²) in [5, 5.41) is 7.60. The number of hydrogen-bond donors (Lipinski definition) is 0. The average Bonchev–Trinajstić information content (AvgIpc) is 2.93. The third-order valence-corrected chi connectivity index (χ3v) is 3.92. The topological polar surface area (TPSA) is 32.7 Å². The fraction of sp³-hybridized carbons (Fsp3) is 0.125. The number of halogens is 2. The third kappa shape index (κ3) is 2.94. The number of anilines is 1. The van der Waals surface area contributed by atoms with E-state index in [4.69, 9.17) is 23.2 Å². The zero-order valence-electron chi connectivity index (χ0n) is 11.0. The highest BCUT2D eigenvalue weighted by atomic mass is 35.5. The summed E-state index contributed by atoms with van der Waals surface area (Å²) < 4.78 is 0. The number of carbonyl (C=O) groups is 1. The first kappa shape index (κ1) is 14.1. The van der Waals surface area contributed by atoms with Crippen molar-refractivity contribution in [3.8, 4) is 0 Å². The van der Waals surface area contributed by atoms with Crippen LogP contribution in [0.1, 0.15) is 18.0 Å². The van der Waals surface area contributed by atoms with Crippen molar-refractivity contribution in [3.63, 3.8) is 0 Å². The lowest BCUT2D eigenvalue weighted by molar-refractivity contribution is -0.102. The van der Waals surface area contributed by atoms with Gasteiger partial charge in [0.1, 0.15) is 5.71 Å². The zero-order valence-corrected chi connectivity index (χ0v) is 12.6. The van der Waals surface area contributed by atoms with Gasteiger partial charge in [0.05, 0.1) is 11.7 Å². The van der Waals surface area contributed by atoms with Gasteiger partial charge in [-0.1, -0.05) is 35.3 Å². The molecule has 0 amide bonds. The van der Waals surface area contributed by atoms with Gasteiger partial charge in [-0.2, -0.15) is 5.10 Å². The van der Waals surface area contributed by atoms with Gasteiger partial charge in [0.2, 0.25) is 0 Å². The summed E-state index contributed by atoms with van der Waals surface area (Å²) in [7, 11) is 0. The molecule has 0 aliphatic carbocycles. The van der Waals surface area contributed by atoms with Gasteiger partial charge < -0.3 is 0 Å². The van der Waals surface area contributed by atoms with Gasteiger partial charge in [0, 0.05) is 16.5 Å². The minimum Gasteiger partial charge on any atom is -0.296 e. The summed E-state index contributed by atoms with van der Waals surface area (Å²) in [4.78, 5) is 11.1. The van der Waals surface area contributed by atoms with E-state index in [-0.39, 0.29) is 6.04 Å². The summed E-state index contributed by atoms with van der Waals surface area (Å²) in [6.07, 6.45) is 1.38. The van der Waals surface area contributed by atoms with Crippen LogP contribution in [-0.2, 0) is 4.79 Å². The Kier molecular flexibility index (Phi) is 3.95. The molecule has 2 aromatic rings. The van der Waals surface area contributed by atoms with Gasteiger partial charge in [-0.25, -0.2) is 0 Å². The molecule has 0 bridgehead atoms. The lowest BCUT2D eigenvalue weighted by atomic mass is 10.0. The molecule has 1 aliphatic heterocycles. The predicted octanol–water partition coefficient (Wildman–Crippen LogP) is 4.50. The highest BCUT2D eigenvalue weighted by Gasteiger charge is 2.28. The first-order valence-corrected chi connectivity index (χ1v) is 7.26. The number of carbonyl (C=O) groups excluding carboxylic acids is 1. The van der Waals surface area contributed by atoms with Crippen LogP contribution >= 0.6 is 23.2 Å². The number of hydrogen-bond acceptors (Lipinski definition) is 3. The maximum absolute atomic E-state index is 11.1. The molecule has 21 heavy (non-hydrogen) atoms. The van der Waals surface area contributed by atoms with E-state index in [1.165, 1.54) is 0 Å². The van der Waals surface area contributed by atoms with Crippen LogP contribution in [0.15, 0.2) is 53.6 Å². The Bertz CT molecular complexity index is 680. The molecular formula is C16H12Cl2N2O. The second-order valence-electron chi connectivity index (χ2n) is 4.80. The molecule has 3 rings (SSSR count). The van der Waals surface area contributed by atoms with E-state index < -0.39 is 0 Å². The molecule has 0 fully saturated rings. The number of benzene rings is 2. The molecule has 0 N–H and O–H groups in total. The maximum atomic E-state index is 11.1. The van der Waals surface area contributed by atoms with E-state index >= 15 is 0 Å². The quantitative estimate of drug-likeness (QED) is 0.780. The minimum absolute atomic E-state index is 0.0105. The Morgan fingerprint density at radius 3 is 2.14 bits per heavy atom. The van der Waals surface area contributed by atoms with Gasteiger partial charge in [-0.3, -0.25) is 9.80 Å². The normalized spacial score (nSPS) is 17.7. The molecule has 0 aromatic heterocycles. The van der Waals surface area contributed by atoms with Crippen LogP contribution in [0.2, 0.25) is 10.0 Å². The Morgan fingerprint density at radius 1 is 1.00 bits per heavy atom. The fourth-order valence-electron chi connectivity index (χ4n) is 2.38. The molecular weight excluding hydrogens is 307 g/mol. The molecule has 3 nitrogen and oxygen atoms in total. The smallest absolute Gasteiger partial charge is 0.166 e. The van der Waals surface area contributed by atoms with E-state index in [0.29, 0.717) is 22.2 Å². The van der Waals surface area contributed by atoms with Crippen LogP contribution < -0.4 is 5.01 Å². The van der Waals surface area contributed by atoms with Crippen molar-refractivity contribution in [3.05, 3.63) is 64.1 Å². The zero-order chi connectivity index (χ0) is 14.8. The van der Waals surface area contributed by atoms with Crippen LogP contribution in [-0.4, -0.2) is 12.0 Å². The molecule has 1 atom stereocenters. The van der Waals surface area contributed by atoms with E-state index in [0.717, 1.165) is 17.5 Å². The Morgan fingerprint density at radius 2 is 1.57 bits per heavy atom. The van der Waals surface area contributed by atoms with Crippen LogP contribution in [0.5, 0.6) is 0 Å². The lowest BCUT2D eigenvalue weighted by Crippen LogP contribution is -2.18. The third-order valence-electron chi connectivity index (χ3n) is 3.42. The molecule has 0 radical (unpaired) electrons. The maximum Gasteiger partial charge on any atom is 0.166 e. The largest absolute Gasteiger partial charge is 0.296 e. The molecule has 0 saturated heterocycles. The lowest BCUT2D eigenvalue weighted by Gasteiger charge is -2.24. The second-order valence-corrected chi connectivity index (χ2v) is 5.67. The van der Waals surface area contributed by atoms with Crippen molar-refractivity contribution >= 4 is 40.9 Å². The molecule has 1 aliphatic rings. The molecule has 0 saturated carbocycles. The predicted molar refractivity (Wildman–Crippen MR) is 86.2 cm³/mol. The van der Waals surface area contributed by atoms with Gasteiger partial charge in [-0.15, -0.1) is 0 Å². The van der Waals surface area contributed by atoms with Crippen molar-refractivity contribution in [2.24, 2.45) is 5.10 Å². The number of hydrazone groups is 1. The fourth-order valence-corrected chi connectivity index (χ4v) is 2.63. The highest BCUT2D eigenvalue weighted by Crippen LogP contribution is 2.35. The highest BCUT2D eigenvalue weighted by molar-refractivity contribution is 6.31. The van der Waals surface area contributed by atoms with E-state index in [9.17, 15) is 4.79 Å². The van der Waals surface area contributed by atoms with Gasteiger partial charge >= 0.3 is 0 Å². The molecule has 5 heteroatoms. The van der Waals surface area contributed by atoms with E-state index in [1.54, 1.807) is 0 Å². The molecule has 2 aromatic carbocycles. The molecule has 106 valence electrons. The second kappa shape index (κ2) is 5.88. The average molecular weight is 319 g/mol. The summed E-state index contributed by atoms with van der Waals surface area (Å²) in [5.41, 5.74) is 2.50. The first-order chi connectivity index (χ1) is 10.2. The van der Waals surface area contributed by atoms with Crippen LogP contribution in [0.25, 0.3) is 0 Å². The van der Waals surface area contributed by atoms with Crippen molar-refractivity contribution in [1.29, 1.82) is 0 Å². The van der Waals surface area contributed by atoms with Crippen molar-refractivity contribution in [2.75, 3.05) is 5.01 Å². The van der Waals surface area contributed by atoms with E-state index in [2.05, 4.69) is 5.10 Å². The Labute approximate surface area is 132 Å². The van der Waals surface area contributed by atoms with Crippen LogP contribution in [0, 0.1) is 0 Å². The monoisotopic (exact) mass is 318 g/mol. The van der Waals surface area contributed by atoms with Crippen molar-refractivity contribution in [1.82, 2.24) is 0 Å². The summed E-state index contributed by atoms with van der Waals surface area (Å²) in [5.74, 6) is 0. The summed E-state index contributed by atoms with van der Waals surface area (Å²) in [6.45, 7) is 0. The first-order valence-electron chi connectivity index (χ1n) is 6.50. The molecule has 1 unspecified atom stereocenters. The van der Waals surface area contributed by atoms with Crippen molar-refractivity contribution < 1.29 is 4.79 Å². The standard InChI is InChI=1S/C16H12Cl2N2O/c17-12-3-1-11(2-4-12)16-9-14(10-21)19-20(16)15-7-5-13(18)6-8-15/h1-8,10,16H,9H2. The minimum atomic E-state index is -0.0105. The number of rotatable bonds is 3. The van der Waals surface area contributed by atoms with Gasteiger partial charge in [0.15, 0.2) is 6.29 Å². The van der Waals surface area contributed by atoms with Crippen LogP contribution in [0.3, 0.4) is 0 Å². The van der Waals surface area contributed by atoms with Gasteiger partial charge in [-0.05, 0) is 42.0 Å². The number of nitrogens with zero attached hydrogens (tertiary/aromatic N) is 2. The van der Waals surface area contributed by atoms with Gasteiger partial charge in [0.25, 0.3) is 0 Å². The number of aldehydes is 1. The van der Waals surface area contributed by atoms with Crippen LogP contribution in [0.4, 0.5) is 5.69 Å². The van der Waals surface area contributed by atoms with E-state index in [1.807, 2.05) is 53.5 Å². The molecule has 0 spiro atoms.